The fourth-order valence-electron chi connectivity index (χ4n) is 2.27. The predicted octanol–water partition coefficient (Wildman–Crippen LogP) is 0.885. The van der Waals surface area contributed by atoms with Crippen LogP contribution in [0.1, 0.15) is 30.4 Å². The molecule has 0 amide bonds. The Morgan fingerprint density at radius 1 is 0.905 bits per heavy atom. The Morgan fingerprint density at radius 2 is 1.29 bits per heavy atom. The van der Waals surface area contributed by atoms with Gasteiger partial charge in [-0.05, 0) is 30.9 Å². The van der Waals surface area contributed by atoms with Gasteiger partial charge < -0.3 is 21.4 Å². The molecule has 0 bridgehead atoms. The molecule has 10 heteroatoms. The van der Waals surface area contributed by atoms with E-state index in [1.165, 1.54) is 0 Å². The van der Waals surface area contributed by atoms with Gasteiger partial charge in [0.15, 0.2) is 9.54 Å². The lowest BCUT2D eigenvalue weighted by Crippen LogP contribution is -2.27. The monoisotopic (exact) mass is 326 g/mol. The van der Waals surface area contributed by atoms with E-state index in [1.54, 1.807) is 0 Å². The number of anilines is 2. The van der Waals surface area contributed by atoms with Gasteiger partial charge in [-0.2, -0.15) is 0 Å². The van der Waals surface area contributed by atoms with Crippen molar-refractivity contribution in [2.45, 2.75) is 19.3 Å². The highest BCUT2D eigenvalue weighted by atomic mass is 32.1. The third-order valence-electron chi connectivity index (χ3n) is 3.13. The zero-order chi connectivity index (χ0) is 15.7. The highest BCUT2D eigenvalue weighted by Crippen LogP contribution is 2.28. The van der Waals surface area contributed by atoms with Gasteiger partial charge in [-0.15, -0.1) is 0 Å². The molecule has 2 heterocycles. The van der Waals surface area contributed by atoms with Gasteiger partial charge in [0, 0.05) is 5.92 Å². The minimum atomic E-state index is -0.587. The van der Waals surface area contributed by atoms with Crippen molar-refractivity contribution < 1.29 is 0 Å². The van der Waals surface area contributed by atoms with Crippen LogP contribution in [0.4, 0.5) is 11.6 Å². The van der Waals surface area contributed by atoms with E-state index in [0.29, 0.717) is 6.42 Å². The number of aromatic amines is 4. The average molecular weight is 326 g/mol. The topological polar surface area (TPSA) is 149 Å². The van der Waals surface area contributed by atoms with Crippen molar-refractivity contribution in [2.24, 2.45) is 0 Å². The molecule has 8 N–H and O–H groups in total. The maximum Gasteiger partial charge on any atom is 0.257 e. The van der Waals surface area contributed by atoms with Gasteiger partial charge in [-0.1, -0.05) is 6.92 Å². The molecule has 0 aliphatic rings. The number of nitrogens with two attached hydrogens (primary N) is 2. The van der Waals surface area contributed by atoms with E-state index in [1.807, 2.05) is 6.92 Å². The number of aromatic nitrogens is 4. The second-order valence-electron chi connectivity index (χ2n) is 4.43. The maximum absolute atomic E-state index is 12.1. The molecule has 0 spiro atoms. The molecule has 0 aromatic carbocycles. The predicted molar refractivity (Wildman–Crippen MR) is 85.5 cm³/mol. The molecule has 2 aromatic rings. The van der Waals surface area contributed by atoms with Crippen molar-refractivity contribution >= 4 is 36.1 Å². The van der Waals surface area contributed by atoms with Crippen molar-refractivity contribution in [1.29, 1.82) is 0 Å². The van der Waals surface area contributed by atoms with Crippen LogP contribution < -0.4 is 22.6 Å². The first-order valence-electron chi connectivity index (χ1n) is 6.09. The van der Waals surface area contributed by atoms with Crippen LogP contribution in [0.25, 0.3) is 0 Å². The maximum atomic E-state index is 12.1. The minimum Gasteiger partial charge on any atom is -0.385 e. The van der Waals surface area contributed by atoms with Crippen LogP contribution in [0.5, 0.6) is 0 Å². The van der Waals surface area contributed by atoms with Crippen LogP contribution in [0.15, 0.2) is 9.59 Å². The third kappa shape index (κ3) is 2.81. The average Bonchev–Trinajstić information content (AvgIpc) is 2.34. The smallest absolute Gasteiger partial charge is 0.257 e. The fraction of sp³-hybridized carbons (Fsp3) is 0.273. The summed E-state index contributed by atoms with van der Waals surface area (Å²) in [5.74, 6) is -0.370. The molecular weight excluding hydrogens is 312 g/mol. The standard InChI is InChI=1S/C11H14N6O2S2/c1-2-3(4-6(12)14-10(20)16-8(4)18)5-7(13)15-11(21)17-9(5)19/h3H,2H2,1H3,(H4,12,14,16,18,20)(H4,13,15,17,19,21). The molecule has 2 aromatic heterocycles. The number of hydrogen-bond acceptors (Lipinski definition) is 6. The molecule has 112 valence electrons. The van der Waals surface area contributed by atoms with E-state index in [2.05, 4.69) is 19.9 Å². The normalized spacial score (nSPS) is 11.0. The Balaban J connectivity index is 2.79. The van der Waals surface area contributed by atoms with Crippen molar-refractivity contribution in [3.8, 4) is 0 Å². The van der Waals surface area contributed by atoms with E-state index in [0.717, 1.165) is 0 Å². The first-order chi connectivity index (χ1) is 9.85. The van der Waals surface area contributed by atoms with Gasteiger partial charge in [0.25, 0.3) is 11.1 Å². The molecule has 2 rings (SSSR count). The summed E-state index contributed by atoms with van der Waals surface area (Å²) in [6.45, 7) is 1.81. The van der Waals surface area contributed by atoms with E-state index in [9.17, 15) is 9.59 Å². The van der Waals surface area contributed by atoms with Crippen LogP contribution in [-0.4, -0.2) is 19.9 Å². The van der Waals surface area contributed by atoms with Gasteiger partial charge in [0.05, 0.1) is 11.1 Å². The van der Waals surface area contributed by atoms with E-state index >= 15 is 0 Å². The van der Waals surface area contributed by atoms with Crippen LogP contribution in [0, 0.1) is 9.54 Å². The molecule has 0 aliphatic carbocycles. The van der Waals surface area contributed by atoms with E-state index < -0.39 is 17.0 Å². The molecule has 0 saturated carbocycles. The molecule has 0 radical (unpaired) electrons. The Labute approximate surface area is 128 Å². The van der Waals surface area contributed by atoms with Gasteiger partial charge in [-0.3, -0.25) is 19.6 Å². The van der Waals surface area contributed by atoms with Crippen molar-refractivity contribution in [3.05, 3.63) is 41.4 Å². The first kappa shape index (κ1) is 15.2. The summed E-state index contributed by atoms with van der Waals surface area (Å²) in [5.41, 5.74) is 11.2. The van der Waals surface area contributed by atoms with Crippen LogP contribution >= 0.6 is 24.4 Å². The van der Waals surface area contributed by atoms with Crippen LogP contribution in [0.3, 0.4) is 0 Å². The Kier molecular flexibility index (Phi) is 4.09. The lowest BCUT2D eigenvalue weighted by molar-refractivity contribution is 0.743. The molecule has 0 fully saturated rings. The number of nitrogens with one attached hydrogen (secondary N) is 4. The third-order valence-corrected chi connectivity index (χ3v) is 3.53. The largest absolute Gasteiger partial charge is 0.385 e. The summed E-state index contributed by atoms with van der Waals surface area (Å²) >= 11 is 9.70. The summed E-state index contributed by atoms with van der Waals surface area (Å²) in [4.78, 5) is 34.5. The summed E-state index contributed by atoms with van der Waals surface area (Å²) in [7, 11) is 0. The molecule has 8 nitrogen and oxygen atoms in total. The Hall–Kier alpha value is -2.20. The lowest BCUT2D eigenvalue weighted by Gasteiger charge is -2.17. The zero-order valence-corrected chi connectivity index (χ0v) is 12.7. The van der Waals surface area contributed by atoms with E-state index in [-0.39, 0.29) is 32.3 Å². The second-order valence-corrected chi connectivity index (χ2v) is 5.25. The minimum absolute atomic E-state index is 0.108. The molecule has 0 saturated heterocycles. The molecule has 0 aliphatic heterocycles. The molecular formula is C11H14N6O2S2. The van der Waals surface area contributed by atoms with Crippen LogP contribution in [0.2, 0.25) is 0 Å². The Morgan fingerprint density at radius 3 is 1.57 bits per heavy atom. The quantitative estimate of drug-likeness (QED) is 0.461. The first-order valence-corrected chi connectivity index (χ1v) is 6.90. The summed E-state index contributed by atoms with van der Waals surface area (Å²) < 4.78 is 0.232. The van der Waals surface area contributed by atoms with Crippen LogP contribution in [-0.2, 0) is 0 Å². The summed E-state index contributed by atoms with van der Waals surface area (Å²) in [6, 6.07) is 0. The number of H-pyrrole nitrogens is 4. The summed E-state index contributed by atoms with van der Waals surface area (Å²) in [6.07, 6.45) is 0.440. The van der Waals surface area contributed by atoms with Crippen molar-refractivity contribution in [3.63, 3.8) is 0 Å². The van der Waals surface area contributed by atoms with Gasteiger partial charge in [-0.25, -0.2) is 0 Å². The molecule has 0 atom stereocenters. The van der Waals surface area contributed by atoms with Crippen molar-refractivity contribution in [1.82, 2.24) is 19.9 Å². The number of nitrogen functional groups attached to an aromatic ring is 2. The van der Waals surface area contributed by atoms with Crippen molar-refractivity contribution in [2.75, 3.05) is 11.5 Å². The molecule has 21 heavy (non-hydrogen) atoms. The number of rotatable bonds is 3. The fourth-order valence-corrected chi connectivity index (χ4v) is 2.68. The highest BCUT2D eigenvalue weighted by Gasteiger charge is 2.24. The van der Waals surface area contributed by atoms with Gasteiger partial charge >= 0.3 is 0 Å². The SMILES string of the molecule is CCC(c1c(N)[nH]c(=S)[nH]c1=O)c1c(N)[nH]c(=S)[nH]c1=O. The van der Waals surface area contributed by atoms with Gasteiger partial charge in [0.2, 0.25) is 0 Å². The number of hydrogen-bond donors (Lipinski definition) is 6. The Bertz CT molecular complexity index is 833. The second kappa shape index (κ2) is 5.66. The van der Waals surface area contributed by atoms with Gasteiger partial charge in [0.1, 0.15) is 11.6 Å². The lowest BCUT2D eigenvalue weighted by atomic mass is 9.91. The summed E-state index contributed by atoms with van der Waals surface area (Å²) in [5, 5.41) is 0. The molecule has 0 unspecified atom stereocenters. The van der Waals surface area contributed by atoms with E-state index in [4.69, 9.17) is 35.9 Å². The highest BCUT2D eigenvalue weighted by molar-refractivity contribution is 7.71. The zero-order valence-electron chi connectivity index (χ0n) is 11.1.